The van der Waals surface area contributed by atoms with Crippen molar-refractivity contribution in [2.75, 3.05) is 32.8 Å². The van der Waals surface area contributed by atoms with E-state index in [1.165, 1.54) is 0 Å². The molecular formula is C12H23NO3. The second kappa shape index (κ2) is 6.86. The van der Waals surface area contributed by atoms with Crippen molar-refractivity contribution >= 4 is 5.97 Å². The van der Waals surface area contributed by atoms with Gasteiger partial charge in [0.25, 0.3) is 0 Å². The lowest BCUT2D eigenvalue weighted by Crippen LogP contribution is -2.27. The molecule has 1 aliphatic heterocycles. The maximum atomic E-state index is 10.9. The minimum Gasteiger partial charge on any atom is -0.481 e. The molecule has 1 rings (SSSR count). The van der Waals surface area contributed by atoms with Gasteiger partial charge in [-0.15, -0.1) is 0 Å². The predicted molar refractivity (Wildman–Crippen MR) is 62.5 cm³/mol. The molecule has 1 aliphatic rings. The maximum absolute atomic E-state index is 10.9. The molecule has 0 bridgehead atoms. The monoisotopic (exact) mass is 229 g/mol. The fourth-order valence-electron chi connectivity index (χ4n) is 2.11. The van der Waals surface area contributed by atoms with Crippen LogP contribution in [-0.4, -0.2) is 48.8 Å². The highest BCUT2D eigenvalue weighted by molar-refractivity contribution is 5.71. The summed E-state index contributed by atoms with van der Waals surface area (Å²) in [5.74, 6) is -0.606. The Morgan fingerprint density at radius 3 is 2.75 bits per heavy atom. The summed E-state index contributed by atoms with van der Waals surface area (Å²) in [6, 6.07) is 0. The molecule has 4 nitrogen and oxygen atoms in total. The molecule has 2 atom stereocenters. The summed E-state index contributed by atoms with van der Waals surface area (Å²) in [6.07, 6.45) is 2.26. The lowest BCUT2D eigenvalue weighted by atomic mass is 9.99. The van der Waals surface area contributed by atoms with E-state index in [-0.39, 0.29) is 11.8 Å². The zero-order valence-corrected chi connectivity index (χ0v) is 10.3. The first-order valence-electron chi connectivity index (χ1n) is 6.18. The van der Waals surface area contributed by atoms with Crippen LogP contribution in [0.3, 0.4) is 0 Å². The van der Waals surface area contributed by atoms with Crippen LogP contribution < -0.4 is 0 Å². The van der Waals surface area contributed by atoms with E-state index in [4.69, 9.17) is 9.84 Å². The third kappa shape index (κ3) is 4.10. The van der Waals surface area contributed by atoms with Crippen LogP contribution in [0.1, 0.15) is 26.7 Å². The molecule has 0 aromatic carbocycles. The SMILES string of the molecule is CCCCOCCN1CC(C)C(C(=O)O)C1. The van der Waals surface area contributed by atoms with E-state index in [0.29, 0.717) is 6.54 Å². The van der Waals surface area contributed by atoms with Gasteiger partial charge in [-0.25, -0.2) is 0 Å². The van der Waals surface area contributed by atoms with Gasteiger partial charge in [-0.3, -0.25) is 9.69 Å². The number of hydrogen-bond donors (Lipinski definition) is 1. The number of unbranched alkanes of at least 4 members (excludes halogenated alkanes) is 1. The lowest BCUT2D eigenvalue weighted by Gasteiger charge is -2.14. The van der Waals surface area contributed by atoms with Crippen molar-refractivity contribution in [1.29, 1.82) is 0 Å². The van der Waals surface area contributed by atoms with Gasteiger partial charge in [-0.2, -0.15) is 0 Å². The Labute approximate surface area is 97.6 Å². The van der Waals surface area contributed by atoms with Gasteiger partial charge in [-0.1, -0.05) is 20.3 Å². The van der Waals surface area contributed by atoms with E-state index in [0.717, 1.165) is 39.1 Å². The van der Waals surface area contributed by atoms with Crippen LogP contribution in [0.4, 0.5) is 0 Å². The number of carboxylic acids is 1. The summed E-state index contributed by atoms with van der Waals surface area (Å²) in [5.41, 5.74) is 0. The standard InChI is InChI=1S/C12H23NO3/c1-3-4-6-16-7-5-13-8-10(2)11(9-13)12(14)15/h10-11H,3-9H2,1-2H3,(H,14,15). The molecule has 0 aliphatic carbocycles. The number of carboxylic acid groups (broad SMARTS) is 1. The molecule has 1 N–H and O–H groups in total. The highest BCUT2D eigenvalue weighted by Crippen LogP contribution is 2.22. The van der Waals surface area contributed by atoms with Crippen LogP contribution >= 0.6 is 0 Å². The average Bonchev–Trinajstić information content (AvgIpc) is 2.59. The molecule has 4 heteroatoms. The first-order valence-corrected chi connectivity index (χ1v) is 6.18. The fraction of sp³-hybridized carbons (Fsp3) is 0.917. The van der Waals surface area contributed by atoms with Crippen LogP contribution in [0, 0.1) is 11.8 Å². The van der Waals surface area contributed by atoms with Gasteiger partial charge in [0.15, 0.2) is 0 Å². The molecule has 1 heterocycles. The molecular weight excluding hydrogens is 206 g/mol. The van der Waals surface area contributed by atoms with Crippen molar-refractivity contribution in [2.24, 2.45) is 11.8 Å². The van der Waals surface area contributed by atoms with E-state index < -0.39 is 5.97 Å². The number of nitrogens with zero attached hydrogens (tertiary/aromatic N) is 1. The molecule has 16 heavy (non-hydrogen) atoms. The molecule has 0 spiro atoms. The Morgan fingerprint density at radius 2 is 2.19 bits per heavy atom. The largest absolute Gasteiger partial charge is 0.481 e. The molecule has 0 aromatic rings. The first-order chi connectivity index (χ1) is 7.65. The zero-order valence-electron chi connectivity index (χ0n) is 10.3. The second-order valence-electron chi connectivity index (χ2n) is 4.65. The highest BCUT2D eigenvalue weighted by Gasteiger charge is 2.34. The summed E-state index contributed by atoms with van der Waals surface area (Å²) in [7, 11) is 0. The van der Waals surface area contributed by atoms with Gasteiger partial charge in [-0.05, 0) is 12.3 Å². The summed E-state index contributed by atoms with van der Waals surface area (Å²) in [4.78, 5) is 13.1. The van der Waals surface area contributed by atoms with Gasteiger partial charge < -0.3 is 9.84 Å². The molecule has 0 aromatic heterocycles. The summed E-state index contributed by atoms with van der Waals surface area (Å²) in [5, 5.41) is 8.99. The highest BCUT2D eigenvalue weighted by atomic mass is 16.5. The number of hydrogen-bond acceptors (Lipinski definition) is 3. The Hall–Kier alpha value is -0.610. The molecule has 94 valence electrons. The van der Waals surface area contributed by atoms with Gasteiger partial charge in [0, 0.05) is 26.2 Å². The average molecular weight is 229 g/mol. The first kappa shape index (κ1) is 13.5. The molecule has 1 fully saturated rings. The van der Waals surface area contributed by atoms with Crippen LogP contribution in [0.5, 0.6) is 0 Å². The van der Waals surface area contributed by atoms with Crippen molar-refractivity contribution in [3.8, 4) is 0 Å². The second-order valence-corrected chi connectivity index (χ2v) is 4.65. The normalized spacial score (nSPS) is 26.1. The topological polar surface area (TPSA) is 49.8 Å². The Balaban J connectivity index is 2.13. The minimum atomic E-state index is -0.665. The van der Waals surface area contributed by atoms with Gasteiger partial charge >= 0.3 is 5.97 Å². The van der Waals surface area contributed by atoms with Crippen LogP contribution in [0.2, 0.25) is 0 Å². The van der Waals surface area contributed by atoms with Gasteiger partial charge in [0.1, 0.15) is 0 Å². The summed E-state index contributed by atoms with van der Waals surface area (Å²) in [6.45, 7) is 8.11. The third-order valence-corrected chi connectivity index (χ3v) is 3.20. The quantitative estimate of drug-likeness (QED) is 0.671. The van der Waals surface area contributed by atoms with Crippen LogP contribution in [0.25, 0.3) is 0 Å². The summed E-state index contributed by atoms with van der Waals surface area (Å²) >= 11 is 0. The summed E-state index contributed by atoms with van der Waals surface area (Å²) < 4.78 is 5.48. The predicted octanol–water partition coefficient (Wildman–Crippen LogP) is 1.46. The van der Waals surface area contributed by atoms with Crippen molar-refractivity contribution in [3.05, 3.63) is 0 Å². The minimum absolute atomic E-state index is 0.198. The van der Waals surface area contributed by atoms with Crippen molar-refractivity contribution in [1.82, 2.24) is 4.90 Å². The number of carbonyl (C=O) groups is 1. The van der Waals surface area contributed by atoms with E-state index >= 15 is 0 Å². The van der Waals surface area contributed by atoms with Crippen molar-refractivity contribution < 1.29 is 14.6 Å². The van der Waals surface area contributed by atoms with Crippen molar-refractivity contribution in [3.63, 3.8) is 0 Å². The lowest BCUT2D eigenvalue weighted by molar-refractivity contribution is -0.142. The Kier molecular flexibility index (Phi) is 5.77. The molecule has 0 saturated carbocycles. The van der Waals surface area contributed by atoms with Crippen LogP contribution in [0.15, 0.2) is 0 Å². The van der Waals surface area contributed by atoms with E-state index in [1.807, 2.05) is 6.92 Å². The smallest absolute Gasteiger partial charge is 0.308 e. The maximum Gasteiger partial charge on any atom is 0.308 e. The fourth-order valence-corrected chi connectivity index (χ4v) is 2.11. The Morgan fingerprint density at radius 1 is 1.44 bits per heavy atom. The number of aliphatic carboxylic acids is 1. The zero-order chi connectivity index (χ0) is 12.0. The molecule has 0 amide bonds. The van der Waals surface area contributed by atoms with Crippen LogP contribution in [-0.2, 0) is 9.53 Å². The number of likely N-dealkylation sites (tertiary alicyclic amines) is 1. The van der Waals surface area contributed by atoms with E-state index in [1.54, 1.807) is 0 Å². The Bertz CT molecular complexity index is 220. The molecule has 0 radical (unpaired) electrons. The van der Waals surface area contributed by atoms with Gasteiger partial charge in [0.05, 0.1) is 12.5 Å². The molecule has 2 unspecified atom stereocenters. The van der Waals surface area contributed by atoms with Crippen molar-refractivity contribution in [2.45, 2.75) is 26.7 Å². The van der Waals surface area contributed by atoms with Gasteiger partial charge in [0.2, 0.25) is 0 Å². The third-order valence-electron chi connectivity index (χ3n) is 3.20. The number of rotatable bonds is 7. The van der Waals surface area contributed by atoms with E-state index in [2.05, 4.69) is 11.8 Å². The molecule has 1 saturated heterocycles. The van der Waals surface area contributed by atoms with E-state index in [9.17, 15) is 4.79 Å². The number of ether oxygens (including phenoxy) is 1.